The van der Waals surface area contributed by atoms with E-state index >= 15 is 0 Å². The molecule has 1 saturated heterocycles. The first kappa shape index (κ1) is 24.9. The Morgan fingerprint density at radius 1 is 1.14 bits per heavy atom. The molecule has 188 valence electrons. The lowest BCUT2D eigenvalue weighted by molar-refractivity contribution is -0.137. The van der Waals surface area contributed by atoms with Gasteiger partial charge >= 0.3 is 12.3 Å². The van der Waals surface area contributed by atoms with E-state index in [1.54, 1.807) is 0 Å². The van der Waals surface area contributed by atoms with Crippen LogP contribution in [-0.4, -0.2) is 65.7 Å². The smallest absolute Gasteiger partial charge is 0.416 e. The van der Waals surface area contributed by atoms with E-state index in [0.717, 1.165) is 29.1 Å². The fraction of sp³-hybridized carbons (Fsp3) is 0.462. The SMILES string of the molecule is CC(C)(C)CN(C(=O)O)[C@@H]1CCN(C2=NCCOc3ccc(-c4ccc(C(F)(F)F)cc4)cc32)C1. The Hall–Kier alpha value is -3.23. The number of ether oxygens (including phenoxy) is 1. The maximum Gasteiger partial charge on any atom is 0.416 e. The van der Waals surface area contributed by atoms with Gasteiger partial charge in [-0.15, -0.1) is 0 Å². The molecule has 0 saturated carbocycles. The van der Waals surface area contributed by atoms with Crippen LogP contribution in [0.4, 0.5) is 18.0 Å². The molecule has 1 amide bonds. The Balaban J connectivity index is 1.61. The highest BCUT2D eigenvalue weighted by Crippen LogP contribution is 2.34. The van der Waals surface area contributed by atoms with Crippen molar-refractivity contribution in [3.05, 3.63) is 53.6 Å². The Morgan fingerprint density at radius 2 is 1.83 bits per heavy atom. The van der Waals surface area contributed by atoms with Crippen molar-refractivity contribution >= 4 is 11.9 Å². The number of carbonyl (C=O) groups is 1. The molecular weight excluding hydrogens is 459 g/mol. The number of fused-ring (bicyclic) bond motifs is 1. The van der Waals surface area contributed by atoms with Gasteiger partial charge in [-0.05, 0) is 47.2 Å². The zero-order chi connectivity index (χ0) is 25.4. The fourth-order valence-electron chi connectivity index (χ4n) is 4.58. The molecular formula is C26H30F3N3O3. The molecule has 0 spiro atoms. The lowest BCUT2D eigenvalue weighted by Gasteiger charge is -2.32. The Kier molecular flexibility index (Phi) is 6.71. The van der Waals surface area contributed by atoms with E-state index < -0.39 is 17.8 Å². The number of hydrogen-bond donors (Lipinski definition) is 1. The van der Waals surface area contributed by atoms with Crippen molar-refractivity contribution in [3.63, 3.8) is 0 Å². The summed E-state index contributed by atoms with van der Waals surface area (Å²) in [7, 11) is 0. The summed E-state index contributed by atoms with van der Waals surface area (Å²) in [5, 5.41) is 9.82. The zero-order valence-electron chi connectivity index (χ0n) is 20.1. The van der Waals surface area contributed by atoms with Crippen molar-refractivity contribution in [1.29, 1.82) is 0 Å². The van der Waals surface area contributed by atoms with Gasteiger partial charge in [0, 0.05) is 19.6 Å². The number of benzene rings is 2. The molecule has 0 aromatic heterocycles. The number of carboxylic acid groups (broad SMARTS) is 1. The van der Waals surface area contributed by atoms with E-state index in [9.17, 15) is 23.1 Å². The van der Waals surface area contributed by atoms with Crippen LogP contribution in [0.25, 0.3) is 11.1 Å². The average Bonchev–Trinajstić information content (AvgIpc) is 3.16. The summed E-state index contributed by atoms with van der Waals surface area (Å²) < 4.78 is 44.8. The van der Waals surface area contributed by atoms with Crippen molar-refractivity contribution in [2.24, 2.45) is 10.4 Å². The van der Waals surface area contributed by atoms with Gasteiger partial charge in [-0.1, -0.05) is 39.0 Å². The molecule has 1 fully saturated rings. The molecule has 2 aromatic rings. The zero-order valence-corrected chi connectivity index (χ0v) is 20.1. The number of alkyl halides is 3. The van der Waals surface area contributed by atoms with Crippen molar-refractivity contribution in [2.45, 2.75) is 39.4 Å². The van der Waals surface area contributed by atoms with Crippen LogP contribution in [0, 0.1) is 5.41 Å². The summed E-state index contributed by atoms with van der Waals surface area (Å²) in [6.07, 6.45) is -4.62. The van der Waals surface area contributed by atoms with Gasteiger partial charge in [-0.2, -0.15) is 13.2 Å². The second kappa shape index (κ2) is 9.43. The summed E-state index contributed by atoms with van der Waals surface area (Å²) in [5.41, 5.74) is 1.32. The molecule has 35 heavy (non-hydrogen) atoms. The second-order valence-electron chi connectivity index (χ2n) is 10.2. The molecule has 0 radical (unpaired) electrons. The molecule has 0 bridgehead atoms. The molecule has 2 aliphatic heterocycles. The Morgan fingerprint density at radius 3 is 2.46 bits per heavy atom. The van der Waals surface area contributed by atoms with Crippen LogP contribution >= 0.6 is 0 Å². The lowest BCUT2D eigenvalue weighted by atomic mass is 9.95. The van der Waals surface area contributed by atoms with E-state index in [2.05, 4.69) is 4.90 Å². The van der Waals surface area contributed by atoms with E-state index in [-0.39, 0.29) is 11.5 Å². The van der Waals surface area contributed by atoms with Crippen molar-refractivity contribution in [1.82, 2.24) is 9.80 Å². The van der Waals surface area contributed by atoms with Crippen LogP contribution in [0.3, 0.4) is 0 Å². The van der Waals surface area contributed by atoms with Gasteiger partial charge in [0.15, 0.2) is 0 Å². The highest BCUT2D eigenvalue weighted by molar-refractivity contribution is 6.02. The molecule has 0 aliphatic carbocycles. The molecule has 6 nitrogen and oxygen atoms in total. The molecule has 2 heterocycles. The third-order valence-electron chi connectivity index (χ3n) is 6.17. The van der Waals surface area contributed by atoms with Crippen LogP contribution in [0.2, 0.25) is 0 Å². The van der Waals surface area contributed by atoms with E-state index in [4.69, 9.17) is 9.73 Å². The summed E-state index contributed by atoms with van der Waals surface area (Å²) in [6.45, 7) is 8.53. The van der Waals surface area contributed by atoms with Gasteiger partial charge in [-0.25, -0.2) is 4.79 Å². The van der Waals surface area contributed by atoms with Crippen LogP contribution in [0.1, 0.15) is 38.3 Å². The number of halogens is 3. The summed E-state index contributed by atoms with van der Waals surface area (Å²) in [5.74, 6) is 1.39. The molecule has 9 heteroatoms. The molecule has 1 N–H and O–H groups in total. The molecule has 2 aromatic carbocycles. The molecule has 2 aliphatic rings. The number of amides is 1. The van der Waals surface area contributed by atoms with Crippen molar-refractivity contribution in [2.75, 3.05) is 32.8 Å². The monoisotopic (exact) mass is 489 g/mol. The van der Waals surface area contributed by atoms with E-state index in [0.29, 0.717) is 50.5 Å². The van der Waals surface area contributed by atoms with E-state index in [1.165, 1.54) is 17.0 Å². The first-order valence-corrected chi connectivity index (χ1v) is 11.7. The number of rotatable bonds is 3. The first-order chi connectivity index (χ1) is 16.4. The molecule has 4 rings (SSSR count). The first-order valence-electron chi connectivity index (χ1n) is 11.7. The molecule has 0 unspecified atom stereocenters. The normalized spacial score (nSPS) is 18.4. The Bertz CT molecular complexity index is 1110. The highest BCUT2D eigenvalue weighted by atomic mass is 19.4. The lowest BCUT2D eigenvalue weighted by Crippen LogP contribution is -2.46. The van der Waals surface area contributed by atoms with Crippen LogP contribution in [-0.2, 0) is 6.18 Å². The van der Waals surface area contributed by atoms with Gasteiger partial charge in [0.05, 0.1) is 23.7 Å². The van der Waals surface area contributed by atoms with Gasteiger partial charge in [-0.3, -0.25) is 4.99 Å². The van der Waals surface area contributed by atoms with Gasteiger partial charge < -0.3 is 19.6 Å². The summed E-state index contributed by atoms with van der Waals surface area (Å²) in [4.78, 5) is 20.3. The summed E-state index contributed by atoms with van der Waals surface area (Å²) >= 11 is 0. The average molecular weight is 490 g/mol. The number of aliphatic imine (C=N–C) groups is 1. The number of hydrogen-bond acceptors (Lipinski definition) is 4. The second-order valence-corrected chi connectivity index (χ2v) is 10.2. The Labute approximate surface area is 203 Å². The fourth-order valence-corrected chi connectivity index (χ4v) is 4.58. The maximum atomic E-state index is 13.0. The number of nitrogens with zero attached hydrogens (tertiary/aromatic N) is 3. The number of amidine groups is 1. The topological polar surface area (TPSA) is 65.4 Å². The third kappa shape index (κ3) is 5.71. The highest BCUT2D eigenvalue weighted by Gasteiger charge is 2.35. The minimum absolute atomic E-state index is 0.153. The van der Waals surface area contributed by atoms with Crippen LogP contribution < -0.4 is 4.74 Å². The van der Waals surface area contributed by atoms with Crippen LogP contribution in [0.15, 0.2) is 47.5 Å². The number of likely N-dealkylation sites (tertiary alicyclic amines) is 1. The van der Waals surface area contributed by atoms with E-state index in [1.807, 2.05) is 39.0 Å². The predicted molar refractivity (Wildman–Crippen MR) is 128 cm³/mol. The quantitative estimate of drug-likeness (QED) is 0.609. The summed E-state index contributed by atoms with van der Waals surface area (Å²) in [6, 6.07) is 10.5. The largest absolute Gasteiger partial charge is 0.491 e. The maximum absolute atomic E-state index is 13.0. The molecule has 1 atom stereocenters. The van der Waals surface area contributed by atoms with Crippen LogP contribution in [0.5, 0.6) is 5.75 Å². The standard InChI is InChI=1S/C26H30F3N3O3/c1-25(2,3)16-32(24(33)34)20-10-12-31(15-20)23-21-14-18(6-9-22(21)35-13-11-30-23)17-4-7-19(8-5-17)26(27,28)29/h4-9,14,20H,10-13,15-16H2,1-3H3,(H,33,34)/t20-/m1/s1. The van der Waals surface area contributed by atoms with Gasteiger partial charge in [0.2, 0.25) is 0 Å². The van der Waals surface area contributed by atoms with Gasteiger partial charge in [0.1, 0.15) is 18.2 Å². The third-order valence-corrected chi connectivity index (χ3v) is 6.17. The predicted octanol–water partition coefficient (Wildman–Crippen LogP) is 5.61. The van der Waals surface area contributed by atoms with Gasteiger partial charge in [0.25, 0.3) is 0 Å². The van der Waals surface area contributed by atoms with Crippen molar-refractivity contribution < 1.29 is 27.8 Å². The minimum Gasteiger partial charge on any atom is -0.491 e. The van der Waals surface area contributed by atoms with Crippen molar-refractivity contribution in [3.8, 4) is 16.9 Å². The minimum atomic E-state index is -4.39.